The third-order valence-corrected chi connectivity index (χ3v) is 3.55. The van der Waals surface area contributed by atoms with Crippen LogP contribution < -0.4 is 0 Å². The molecule has 0 radical (unpaired) electrons. The first kappa shape index (κ1) is 12.3. The van der Waals surface area contributed by atoms with E-state index in [9.17, 15) is 9.59 Å². The topological polar surface area (TPSA) is 64.1 Å². The Hall–Kier alpha value is -1.14. The van der Waals surface area contributed by atoms with Gasteiger partial charge in [-0.15, -0.1) is 0 Å². The van der Waals surface area contributed by atoms with Crippen molar-refractivity contribution >= 4 is 11.8 Å². The second-order valence-electron chi connectivity index (χ2n) is 4.62. The van der Waals surface area contributed by atoms with Gasteiger partial charge in [-0.25, -0.2) is 0 Å². The standard InChI is InChI=1S/C11H19N3O3/c1-12-3-4-13-5-6-14(10(16)2-7-15)8-9(13)11(12)17/h9,15H,2-8H2,1H3. The zero-order valence-corrected chi connectivity index (χ0v) is 10.1. The first-order chi connectivity index (χ1) is 8.13. The molecule has 2 rings (SSSR count). The molecule has 2 fully saturated rings. The summed E-state index contributed by atoms with van der Waals surface area (Å²) in [5.41, 5.74) is 0. The SMILES string of the molecule is CN1CCN2CCN(C(=O)CCO)CC2C1=O. The largest absolute Gasteiger partial charge is 0.396 e. The summed E-state index contributed by atoms with van der Waals surface area (Å²) >= 11 is 0. The van der Waals surface area contributed by atoms with E-state index in [1.54, 1.807) is 16.8 Å². The molecule has 6 heteroatoms. The van der Waals surface area contributed by atoms with Crippen LogP contribution in [-0.2, 0) is 9.59 Å². The fourth-order valence-electron chi connectivity index (χ4n) is 2.45. The molecule has 0 aromatic carbocycles. The summed E-state index contributed by atoms with van der Waals surface area (Å²) < 4.78 is 0. The van der Waals surface area contributed by atoms with Crippen molar-refractivity contribution in [1.29, 1.82) is 0 Å². The fourth-order valence-corrected chi connectivity index (χ4v) is 2.45. The summed E-state index contributed by atoms with van der Waals surface area (Å²) in [6, 6.07) is -0.190. The monoisotopic (exact) mass is 241 g/mol. The Morgan fingerprint density at radius 1 is 1.35 bits per heavy atom. The minimum Gasteiger partial charge on any atom is -0.396 e. The quantitative estimate of drug-likeness (QED) is 0.629. The van der Waals surface area contributed by atoms with E-state index in [0.29, 0.717) is 13.1 Å². The Kier molecular flexibility index (Phi) is 3.63. The molecule has 1 atom stereocenters. The molecule has 17 heavy (non-hydrogen) atoms. The lowest BCUT2D eigenvalue weighted by molar-refractivity contribution is -0.147. The Labute approximate surface area is 101 Å². The molecular weight excluding hydrogens is 222 g/mol. The highest BCUT2D eigenvalue weighted by Gasteiger charge is 2.38. The number of amides is 2. The van der Waals surface area contributed by atoms with Crippen LogP contribution in [0.3, 0.4) is 0 Å². The molecule has 0 bridgehead atoms. The van der Waals surface area contributed by atoms with Crippen molar-refractivity contribution in [2.75, 3.05) is 46.4 Å². The third-order valence-electron chi connectivity index (χ3n) is 3.55. The molecule has 96 valence electrons. The molecule has 2 aliphatic heterocycles. The number of likely N-dealkylation sites (N-methyl/N-ethyl adjacent to an activating group) is 1. The first-order valence-corrected chi connectivity index (χ1v) is 6.01. The van der Waals surface area contributed by atoms with Gasteiger partial charge in [0.2, 0.25) is 11.8 Å². The van der Waals surface area contributed by atoms with Gasteiger partial charge in [0, 0.05) is 46.2 Å². The molecule has 0 saturated carbocycles. The molecule has 2 saturated heterocycles. The van der Waals surface area contributed by atoms with Crippen LogP contribution in [0.2, 0.25) is 0 Å². The zero-order chi connectivity index (χ0) is 12.4. The second-order valence-corrected chi connectivity index (χ2v) is 4.62. The summed E-state index contributed by atoms with van der Waals surface area (Å²) in [6.07, 6.45) is 0.150. The van der Waals surface area contributed by atoms with Crippen molar-refractivity contribution < 1.29 is 14.7 Å². The maximum Gasteiger partial charge on any atom is 0.241 e. The van der Waals surface area contributed by atoms with E-state index in [2.05, 4.69) is 4.90 Å². The van der Waals surface area contributed by atoms with E-state index < -0.39 is 0 Å². The van der Waals surface area contributed by atoms with Gasteiger partial charge < -0.3 is 14.9 Å². The molecule has 0 aromatic rings. The zero-order valence-electron chi connectivity index (χ0n) is 10.1. The minimum atomic E-state index is -0.190. The lowest BCUT2D eigenvalue weighted by Gasteiger charge is -2.45. The van der Waals surface area contributed by atoms with Crippen LogP contribution in [-0.4, -0.2) is 84.0 Å². The molecule has 2 amide bonds. The smallest absolute Gasteiger partial charge is 0.241 e. The number of piperazine rings is 2. The summed E-state index contributed by atoms with van der Waals surface area (Å²) in [5.74, 6) is 0.0333. The van der Waals surface area contributed by atoms with Crippen LogP contribution in [0.5, 0.6) is 0 Å². The highest BCUT2D eigenvalue weighted by molar-refractivity contribution is 5.84. The molecule has 0 aromatic heterocycles. The molecular formula is C11H19N3O3. The van der Waals surface area contributed by atoms with E-state index >= 15 is 0 Å². The highest BCUT2D eigenvalue weighted by atomic mass is 16.3. The van der Waals surface area contributed by atoms with Crippen molar-refractivity contribution in [1.82, 2.24) is 14.7 Å². The molecule has 2 heterocycles. The third kappa shape index (κ3) is 2.42. The van der Waals surface area contributed by atoms with E-state index in [1.165, 1.54) is 0 Å². The summed E-state index contributed by atoms with van der Waals surface area (Å²) in [5, 5.41) is 8.76. The maximum absolute atomic E-state index is 12.0. The number of hydrogen-bond donors (Lipinski definition) is 1. The van der Waals surface area contributed by atoms with Crippen molar-refractivity contribution in [2.45, 2.75) is 12.5 Å². The second kappa shape index (κ2) is 5.01. The van der Waals surface area contributed by atoms with Gasteiger partial charge in [-0.2, -0.15) is 0 Å². The van der Waals surface area contributed by atoms with Gasteiger partial charge in [0.25, 0.3) is 0 Å². The molecule has 0 aliphatic carbocycles. The Morgan fingerprint density at radius 3 is 2.76 bits per heavy atom. The summed E-state index contributed by atoms with van der Waals surface area (Å²) in [6.45, 7) is 3.39. The van der Waals surface area contributed by atoms with Gasteiger partial charge in [0.1, 0.15) is 6.04 Å². The molecule has 2 aliphatic rings. The van der Waals surface area contributed by atoms with Crippen molar-refractivity contribution in [3.63, 3.8) is 0 Å². The van der Waals surface area contributed by atoms with Crippen LogP contribution in [0.4, 0.5) is 0 Å². The number of nitrogens with zero attached hydrogens (tertiary/aromatic N) is 3. The van der Waals surface area contributed by atoms with E-state index in [1.807, 2.05) is 0 Å². The Balaban J connectivity index is 2.00. The molecule has 1 N–H and O–H groups in total. The number of carbonyl (C=O) groups is 2. The maximum atomic E-state index is 12.0. The van der Waals surface area contributed by atoms with Crippen molar-refractivity contribution in [3.05, 3.63) is 0 Å². The number of fused-ring (bicyclic) bond motifs is 1. The minimum absolute atomic E-state index is 0.0619. The van der Waals surface area contributed by atoms with E-state index in [4.69, 9.17) is 5.11 Å². The van der Waals surface area contributed by atoms with Gasteiger partial charge in [-0.05, 0) is 0 Å². The first-order valence-electron chi connectivity index (χ1n) is 6.01. The normalized spacial score (nSPS) is 26.0. The van der Waals surface area contributed by atoms with Gasteiger partial charge in [0.15, 0.2) is 0 Å². The Bertz CT molecular complexity index is 321. The van der Waals surface area contributed by atoms with Crippen LogP contribution in [0, 0.1) is 0 Å². The lowest BCUT2D eigenvalue weighted by atomic mass is 10.1. The highest BCUT2D eigenvalue weighted by Crippen LogP contribution is 2.16. The number of rotatable bonds is 2. The van der Waals surface area contributed by atoms with Crippen molar-refractivity contribution in [2.24, 2.45) is 0 Å². The summed E-state index contributed by atoms with van der Waals surface area (Å²) in [7, 11) is 1.80. The molecule has 6 nitrogen and oxygen atoms in total. The number of aliphatic hydroxyl groups is 1. The lowest BCUT2D eigenvalue weighted by Crippen LogP contribution is -2.64. The van der Waals surface area contributed by atoms with Gasteiger partial charge >= 0.3 is 0 Å². The van der Waals surface area contributed by atoms with Crippen LogP contribution in [0.1, 0.15) is 6.42 Å². The Morgan fingerprint density at radius 2 is 2.06 bits per heavy atom. The number of hydrogen-bond acceptors (Lipinski definition) is 4. The van der Waals surface area contributed by atoms with E-state index in [-0.39, 0.29) is 30.9 Å². The van der Waals surface area contributed by atoms with Crippen LogP contribution in [0.25, 0.3) is 0 Å². The predicted octanol–water partition coefficient (Wildman–Crippen LogP) is -1.65. The predicted molar refractivity (Wildman–Crippen MR) is 61.3 cm³/mol. The van der Waals surface area contributed by atoms with Crippen LogP contribution in [0.15, 0.2) is 0 Å². The van der Waals surface area contributed by atoms with Crippen molar-refractivity contribution in [3.8, 4) is 0 Å². The average molecular weight is 241 g/mol. The summed E-state index contributed by atoms with van der Waals surface area (Å²) in [4.78, 5) is 29.2. The molecule has 0 spiro atoms. The van der Waals surface area contributed by atoms with E-state index in [0.717, 1.165) is 19.6 Å². The van der Waals surface area contributed by atoms with Gasteiger partial charge in [-0.3, -0.25) is 14.5 Å². The van der Waals surface area contributed by atoms with Gasteiger partial charge in [-0.1, -0.05) is 0 Å². The van der Waals surface area contributed by atoms with Gasteiger partial charge in [0.05, 0.1) is 6.61 Å². The van der Waals surface area contributed by atoms with Crippen LogP contribution >= 0.6 is 0 Å². The molecule has 1 unspecified atom stereocenters. The number of carbonyl (C=O) groups excluding carboxylic acids is 2. The average Bonchev–Trinajstić information content (AvgIpc) is 2.34. The number of aliphatic hydroxyl groups excluding tert-OH is 1. The fraction of sp³-hybridized carbons (Fsp3) is 0.818.